The summed E-state index contributed by atoms with van der Waals surface area (Å²) in [6.45, 7) is 4.20. The Morgan fingerprint density at radius 2 is 1.78 bits per heavy atom. The standard InChI is InChI=1S/C9H10Cl2.C9H11N3O2.CH4O/c1-2-3-7-4-8(10)6-9(11)5-7;13-6-8-4-9-5-11(7-14)2-1-3-12(9)10-8;1-2/h4-6H,2-3H2,1H3;4,6-7H,1-3,5H2;2H,1H3. The van der Waals surface area contributed by atoms with Crippen LogP contribution in [-0.2, 0) is 24.3 Å². The Labute approximate surface area is 169 Å². The minimum absolute atomic E-state index is 0.438. The number of halogens is 2. The fraction of sp³-hybridized carbons (Fsp3) is 0.421. The maximum absolute atomic E-state index is 10.6. The zero-order chi connectivity index (χ0) is 20.2. The first-order valence-electron chi connectivity index (χ1n) is 8.66. The van der Waals surface area contributed by atoms with Crippen LogP contribution in [0.15, 0.2) is 24.3 Å². The van der Waals surface area contributed by atoms with Crippen molar-refractivity contribution in [2.75, 3.05) is 13.7 Å². The maximum Gasteiger partial charge on any atom is 0.210 e. The molecule has 0 spiro atoms. The monoisotopic (exact) mass is 413 g/mol. The SMILES string of the molecule is CCCc1cc(Cl)cc(Cl)c1.CO.O=Cc1cc2n(n1)CCCN(C=O)C2. The van der Waals surface area contributed by atoms with Gasteiger partial charge in [-0.3, -0.25) is 14.3 Å². The second-order valence-corrected chi connectivity index (χ2v) is 6.73. The summed E-state index contributed by atoms with van der Waals surface area (Å²) >= 11 is 11.6. The lowest BCUT2D eigenvalue weighted by Crippen LogP contribution is -2.20. The Hall–Kier alpha value is -1.89. The minimum Gasteiger partial charge on any atom is -0.400 e. The number of carbonyl (C=O) groups excluding carboxylic acids is 2. The molecule has 1 aliphatic heterocycles. The van der Waals surface area contributed by atoms with Gasteiger partial charge in [-0.15, -0.1) is 0 Å². The number of hydrogen-bond acceptors (Lipinski definition) is 4. The van der Waals surface area contributed by atoms with Crippen LogP contribution in [0.3, 0.4) is 0 Å². The van der Waals surface area contributed by atoms with Crippen LogP contribution in [0.1, 0.15) is 41.5 Å². The summed E-state index contributed by atoms with van der Waals surface area (Å²) in [5, 5.41) is 12.6. The Balaban J connectivity index is 0.000000254. The number of benzene rings is 1. The fourth-order valence-electron chi connectivity index (χ4n) is 2.70. The van der Waals surface area contributed by atoms with E-state index in [9.17, 15) is 9.59 Å². The van der Waals surface area contributed by atoms with Crippen LogP contribution in [-0.4, -0.2) is 46.1 Å². The molecule has 148 valence electrons. The molecule has 0 bridgehead atoms. The predicted octanol–water partition coefficient (Wildman–Crippen LogP) is 3.61. The Morgan fingerprint density at radius 1 is 1.11 bits per heavy atom. The molecule has 2 heterocycles. The molecule has 27 heavy (non-hydrogen) atoms. The third-order valence-corrected chi connectivity index (χ3v) is 4.23. The summed E-state index contributed by atoms with van der Waals surface area (Å²) in [5.74, 6) is 0. The van der Waals surface area contributed by atoms with E-state index < -0.39 is 0 Å². The van der Waals surface area contributed by atoms with Crippen LogP contribution < -0.4 is 0 Å². The van der Waals surface area contributed by atoms with Gasteiger partial charge in [0.15, 0.2) is 6.29 Å². The highest BCUT2D eigenvalue weighted by molar-refractivity contribution is 6.34. The van der Waals surface area contributed by atoms with Gasteiger partial charge in [-0.05, 0) is 42.7 Å². The molecule has 1 aromatic carbocycles. The molecule has 0 fully saturated rings. The number of aryl methyl sites for hydroxylation is 2. The molecule has 1 amide bonds. The number of aliphatic hydroxyl groups is 1. The first-order valence-corrected chi connectivity index (χ1v) is 9.42. The smallest absolute Gasteiger partial charge is 0.210 e. The zero-order valence-electron chi connectivity index (χ0n) is 15.6. The van der Waals surface area contributed by atoms with E-state index in [-0.39, 0.29) is 0 Å². The van der Waals surface area contributed by atoms with Gasteiger partial charge in [0, 0.05) is 30.2 Å². The van der Waals surface area contributed by atoms with E-state index in [1.807, 2.05) is 12.1 Å². The second kappa shape index (κ2) is 12.5. The third kappa shape index (κ3) is 7.71. The van der Waals surface area contributed by atoms with Crippen LogP contribution in [0.25, 0.3) is 0 Å². The van der Waals surface area contributed by atoms with E-state index >= 15 is 0 Å². The molecule has 1 N–H and O–H groups in total. The average Bonchev–Trinajstić information content (AvgIpc) is 2.94. The van der Waals surface area contributed by atoms with Gasteiger partial charge < -0.3 is 10.0 Å². The molecule has 0 atom stereocenters. The lowest BCUT2D eigenvalue weighted by molar-refractivity contribution is -0.118. The first-order chi connectivity index (χ1) is 13.0. The van der Waals surface area contributed by atoms with E-state index in [1.165, 1.54) is 5.56 Å². The van der Waals surface area contributed by atoms with E-state index in [4.69, 9.17) is 28.3 Å². The van der Waals surface area contributed by atoms with Gasteiger partial charge in [-0.2, -0.15) is 5.10 Å². The summed E-state index contributed by atoms with van der Waals surface area (Å²) in [6, 6.07) is 7.39. The number of aliphatic hydroxyl groups excluding tert-OH is 1. The normalized spacial score (nSPS) is 12.6. The number of carbonyl (C=O) groups is 2. The molecule has 0 aliphatic carbocycles. The minimum atomic E-state index is 0.438. The Kier molecular flexibility index (Phi) is 10.7. The molecule has 1 aliphatic rings. The highest BCUT2D eigenvalue weighted by Crippen LogP contribution is 2.19. The van der Waals surface area contributed by atoms with Crippen molar-refractivity contribution in [2.24, 2.45) is 0 Å². The van der Waals surface area contributed by atoms with E-state index in [0.717, 1.165) is 67.9 Å². The fourth-order valence-corrected chi connectivity index (χ4v) is 3.27. The van der Waals surface area contributed by atoms with Crippen molar-refractivity contribution < 1.29 is 14.7 Å². The van der Waals surface area contributed by atoms with Gasteiger partial charge in [0.1, 0.15) is 5.69 Å². The zero-order valence-corrected chi connectivity index (χ0v) is 17.1. The highest BCUT2D eigenvalue weighted by Gasteiger charge is 2.14. The van der Waals surface area contributed by atoms with Crippen molar-refractivity contribution in [3.05, 3.63) is 51.3 Å². The van der Waals surface area contributed by atoms with Crippen molar-refractivity contribution in [2.45, 2.75) is 39.3 Å². The second-order valence-electron chi connectivity index (χ2n) is 5.86. The highest BCUT2D eigenvalue weighted by atomic mass is 35.5. The lowest BCUT2D eigenvalue weighted by atomic mass is 10.1. The molecule has 0 radical (unpaired) electrons. The van der Waals surface area contributed by atoms with E-state index in [1.54, 1.807) is 21.7 Å². The Morgan fingerprint density at radius 3 is 2.33 bits per heavy atom. The number of aromatic nitrogens is 2. The van der Waals surface area contributed by atoms with Gasteiger partial charge in [-0.1, -0.05) is 36.5 Å². The predicted molar refractivity (Wildman–Crippen MR) is 107 cm³/mol. The summed E-state index contributed by atoms with van der Waals surface area (Å²) in [5.41, 5.74) is 2.58. The quantitative estimate of drug-likeness (QED) is 0.776. The molecular formula is C19H25Cl2N3O3. The molecule has 6 nitrogen and oxygen atoms in total. The molecule has 1 aromatic heterocycles. The average molecular weight is 414 g/mol. The Bertz CT molecular complexity index is 715. The number of rotatable bonds is 4. The summed E-state index contributed by atoms with van der Waals surface area (Å²) in [7, 11) is 1.00. The topological polar surface area (TPSA) is 75.4 Å². The van der Waals surface area contributed by atoms with Gasteiger partial charge in [0.05, 0.1) is 12.2 Å². The molecule has 0 saturated carbocycles. The maximum atomic E-state index is 10.6. The van der Waals surface area contributed by atoms with Crippen molar-refractivity contribution >= 4 is 35.9 Å². The molecular weight excluding hydrogens is 389 g/mol. The van der Waals surface area contributed by atoms with E-state index in [2.05, 4.69) is 12.0 Å². The molecule has 0 unspecified atom stereocenters. The molecule has 2 aromatic rings. The summed E-state index contributed by atoms with van der Waals surface area (Å²) in [6.07, 6.45) is 4.61. The van der Waals surface area contributed by atoms with Crippen molar-refractivity contribution in [3.8, 4) is 0 Å². The number of hydrogen-bond donors (Lipinski definition) is 1. The van der Waals surface area contributed by atoms with Crippen molar-refractivity contribution in [1.29, 1.82) is 0 Å². The lowest BCUT2D eigenvalue weighted by Gasteiger charge is -2.11. The van der Waals surface area contributed by atoms with Crippen molar-refractivity contribution in [3.63, 3.8) is 0 Å². The molecule has 8 heteroatoms. The van der Waals surface area contributed by atoms with Crippen LogP contribution in [0.5, 0.6) is 0 Å². The number of fused-ring (bicyclic) bond motifs is 1. The van der Waals surface area contributed by atoms with E-state index in [0.29, 0.717) is 12.2 Å². The molecule has 3 rings (SSSR count). The van der Waals surface area contributed by atoms with Gasteiger partial charge in [-0.25, -0.2) is 0 Å². The number of aldehydes is 1. The molecule has 0 saturated heterocycles. The van der Waals surface area contributed by atoms with Gasteiger partial charge in [0.25, 0.3) is 0 Å². The summed E-state index contributed by atoms with van der Waals surface area (Å²) < 4.78 is 1.80. The van der Waals surface area contributed by atoms with Crippen molar-refractivity contribution in [1.82, 2.24) is 14.7 Å². The van der Waals surface area contributed by atoms with Gasteiger partial charge >= 0.3 is 0 Å². The van der Waals surface area contributed by atoms with Crippen LogP contribution >= 0.6 is 23.2 Å². The summed E-state index contributed by atoms with van der Waals surface area (Å²) in [4.78, 5) is 22.8. The third-order valence-electron chi connectivity index (χ3n) is 3.79. The van der Waals surface area contributed by atoms with Crippen LogP contribution in [0, 0.1) is 0 Å². The first kappa shape index (κ1) is 23.1. The van der Waals surface area contributed by atoms with Crippen LogP contribution in [0.4, 0.5) is 0 Å². The largest absolute Gasteiger partial charge is 0.400 e. The number of amides is 1. The van der Waals surface area contributed by atoms with Crippen LogP contribution in [0.2, 0.25) is 10.0 Å². The number of nitrogens with zero attached hydrogens (tertiary/aromatic N) is 3. The van der Waals surface area contributed by atoms with Gasteiger partial charge in [0.2, 0.25) is 6.41 Å².